The SMILES string of the molecule is CCCNC(=O)C(Cc1ccccc1)N(Cc1c(Cl)cccc1Cl)C(=O)COc1ccc(C)c(C)c1. The Morgan fingerprint density at radius 1 is 0.944 bits per heavy atom. The van der Waals surface area contributed by atoms with Crippen LogP contribution in [-0.4, -0.2) is 35.9 Å². The summed E-state index contributed by atoms with van der Waals surface area (Å²) in [5.41, 5.74) is 3.73. The van der Waals surface area contributed by atoms with E-state index in [1.54, 1.807) is 18.2 Å². The number of hydrogen-bond acceptors (Lipinski definition) is 3. The highest BCUT2D eigenvalue weighted by molar-refractivity contribution is 6.36. The van der Waals surface area contributed by atoms with E-state index in [1.807, 2.05) is 69.3 Å². The quantitative estimate of drug-likeness (QED) is 0.325. The van der Waals surface area contributed by atoms with Crippen LogP contribution in [0.25, 0.3) is 0 Å². The molecule has 1 atom stereocenters. The van der Waals surface area contributed by atoms with Crippen LogP contribution >= 0.6 is 23.2 Å². The number of benzene rings is 3. The molecule has 190 valence electrons. The molecule has 0 bridgehead atoms. The topological polar surface area (TPSA) is 58.6 Å². The molecule has 0 aliphatic heterocycles. The molecule has 3 aromatic carbocycles. The van der Waals surface area contributed by atoms with Crippen molar-refractivity contribution in [3.63, 3.8) is 0 Å². The lowest BCUT2D eigenvalue weighted by Gasteiger charge is -2.32. The van der Waals surface area contributed by atoms with Gasteiger partial charge >= 0.3 is 0 Å². The molecule has 1 N–H and O–H groups in total. The summed E-state index contributed by atoms with van der Waals surface area (Å²) in [6, 6.07) is 19.7. The molecule has 0 radical (unpaired) electrons. The van der Waals surface area contributed by atoms with Crippen LogP contribution in [0.2, 0.25) is 10.0 Å². The maximum absolute atomic E-state index is 13.6. The van der Waals surface area contributed by atoms with Crippen LogP contribution in [0, 0.1) is 13.8 Å². The van der Waals surface area contributed by atoms with Gasteiger partial charge in [0.25, 0.3) is 5.91 Å². The molecule has 0 saturated carbocycles. The van der Waals surface area contributed by atoms with Gasteiger partial charge in [-0.25, -0.2) is 0 Å². The maximum atomic E-state index is 13.6. The van der Waals surface area contributed by atoms with E-state index >= 15 is 0 Å². The summed E-state index contributed by atoms with van der Waals surface area (Å²) < 4.78 is 5.86. The van der Waals surface area contributed by atoms with E-state index in [9.17, 15) is 9.59 Å². The Hall–Kier alpha value is -3.02. The minimum Gasteiger partial charge on any atom is -0.484 e. The highest BCUT2D eigenvalue weighted by Crippen LogP contribution is 2.27. The largest absolute Gasteiger partial charge is 0.484 e. The number of carbonyl (C=O) groups is 2. The van der Waals surface area contributed by atoms with Gasteiger partial charge in [-0.05, 0) is 61.2 Å². The number of nitrogens with one attached hydrogen (secondary N) is 1. The number of hydrogen-bond donors (Lipinski definition) is 1. The van der Waals surface area contributed by atoms with Crippen molar-refractivity contribution < 1.29 is 14.3 Å². The average molecular weight is 527 g/mol. The Balaban J connectivity index is 1.94. The molecule has 0 saturated heterocycles. The Labute approximate surface area is 223 Å². The first kappa shape index (κ1) is 27.6. The molecule has 7 heteroatoms. The molecule has 0 aliphatic rings. The predicted molar refractivity (Wildman–Crippen MR) is 146 cm³/mol. The molecule has 36 heavy (non-hydrogen) atoms. The fourth-order valence-corrected chi connectivity index (χ4v) is 4.32. The maximum Gasteiger partial charge on any atom is 0.261 e. The Kier molecular flexibility index (Phi) is 10.2. The van der Waals surface area contributed by atoms with E-state index in [0.717, 1.165) is 23.1 Å². The molecule has 0 heterocycles. The summed E-state index contributed by atoms with van der Waals surface area (Å²) in [4.78, 5) is 28.5. The van der Waals surface area contributed by atoms with Crippen LogP contribution in [0.15, 0.2) is 66.7 Å². The first-order valence-electron chi connectivity index (χ1n) is 12.0. The number of carbonyl (C=O) groups excluding carboxylic acids is 2. The average Bonchev–Trinajstić information content (AvgIpc) is 2.87. The van der Waals surface area contributed by atoms with Gasteiger partial charge in [-0.3, -0.25) is 9.59 Å². The molecular formula is C29H32Cl2N2O3. The van der Waals surface area contributed by atoms with Crippen molar-refractivity contribution >= 4 is 35.0 Å². The van der Waals surface area contributed by atoms with E-state index in [-0.39, 0.29) is 25.0 Å². The van der Waals surface area contributed by atoms with E-state index in [2.05, 4.69) is 5.32 Å². The summed E-state index contributed by atoms with van der Waals surface area (Å²) in [6.07, 6.45) is 1.12. The van der Waals surface area contributed by atoms with Gasteiger partial charge in [0.05, 0.1) is 0 Å². The Morgan fingerprint density at radius 2 is 1.64 bits per heavy atom. The van der Waals surface area contributed by atoms with Crippen molar-refractivity contribution in [2.45, 2.75) is 46.2 Å². The summed E-state index contributed by atoms with van der Waals surface area (Å²) in [5, 5.41) is 3.82. The third-order valence-corrected chi connectivity index (χ3v) is 6.76. The number of nitrogens with zero attached hydrogens (tertiary/aromatic N) is 1. The number of aryl methyl sites for hydroxylation is 2. The molecular weight excluding hydrogens is 495 g/mol. The molecule has 3 rings (SSSR count). The number of ether oxygens (including phenoxy) is 1. The lowest BCUT2D eigenvalue weighted by molar-refractivity contribution is -0.142. The van der Waals surface area contributed by atoms with Gasteiger partial charge in [0.2, 0.25) is 5.91 Å². The zero-order chi connectivity index (χ0) is 26.1. The van der Waals surface area contributed by atoms with Crippen LogP contribution in [-0.2, 0) is 22.6 Å². The van der Waals surface area contributed by atoms with Crippen LogP contribution in [0.3, 0.4) is 0 Å². The number of rotatable bonds is 11. The van der Waals surface area contributed by atoms with E-state index in [4.69, 9.17) is 27.9 Å². The van der Waals surface area contributed by atoms with Gasteiger partial charge in [0.15, 0.2) is 6.61 Å². The molecule has 5 nitrogen and oxygen atoms in total. The summed E-state index contributed by atoms with van der Waals surface area (Å²) in [5.74, 6) is 0.0254. The third kappa shape index (κ3) is 7.49. The standard InChI is InChI=1S/C29H32Cl2N2O3/c1-4-15-32-29(35)27(17-22-9-6-5-7-10-22)33(18-24-25(30)11-8-12-26(24)31)28(34)19-36-23-14-13-20(2)21(3)16-23/h5-14,16,27H,4,15,17-19H2,1-3H3,(H,32,35). The summed E-state index contributed by atoms with van der Waals surface area (Å²) in [6.45, 7) is 6.35. The van der Waals surface area contributed by atoms with Crippen LogP contribution in [0.1, 0.15) is 35.6 Å². The first-order chi connectivity index (χ1) is 17.3. The minimum absolute atomic E-state index is 0.0741. The predicted octanol–water partition coefficient (Wildman–Crippen LogP) is 6.16. The molecule has 0 aliphatic carbocycles. The monoisotopic (exact) mass is 526 g/mol. The van der Waals surface area contributed by atoms with Gasteiger partial charge in [-0.1, -0.05) is 72.6 Å². The summed E-state index contributed by atoms with van der Waals surface area (Å²) >= 11 is 12.9. The zero-order valence-electron chi connectivity index (χ0n) is 20.9. The van der Waals surface area contributed by atoms with Gasteiger partial charge in [-0.15, -0.1) is 0 Å². The Bertz CT molecular complexity index is 1160. The third-order valence-electron chi connectivity index (χ3n) is 6.05. The van der Waals surface area contributed by atoms with E-state index in [0.29, 0.717) is 34.3 Å². The Morgan fingerprint density at radius 3 is 2.28 bits per heavy atom. The fourth-order valence-electron chi connectivity index (χ4n) is 3.81. The molecule has 0 fully saturated rings. The van der Waals surface area contributed by atoms with Crippen molar-refractivity contribution in [1.82, 2.24) is 10.2 Å². The smallest absolute Gasteiger partial charge is 0.261 e. The van der Waals surface area contributed by atoms with Crippen molar-refractivity contribution in [1.29, 1.82) is 0 Å². The van der Waals surface area contributed by atoms with Crippen molar-refractivity contribution in [2.24, 2.45) is 0 Å². The molecule has 0 spiro atoms. The zero-order valence-corrected chi connectivity index (χ0v) is 22.4. The molecule has 1 unspecified atom stereocenters. The van der Waals surface area contributed by atoms with Gasteiger partial charge in [-0.2, -0.15) is 0 Å². The van der Waals surface area contributed by atoms with Crippen molar-refractivity contribution in [3.05, 3.63) is 99.0 Å². The number of halogens is 2. The second-order valence-corrected chi connectivity index (χ2v) is 9.57. The van der Waals surface area contributed by atoms with Crippen molar-refractivity contribution in [2.75, 3.05) is 13.2 Å². The molecule has 3 aromatic rings. The number of amides is 2. The first-order valence-corrected chi connectivity index (χ1v) is 12.8. The van der Waals surface area contributed by atoms with Crippen LogP contribution < -0.4 is 10.1 Å². The van der Waals surface area contributed by atoms with E-state index in [1.165, 1.54) is 4.90 Å². The van der Waals surface area contributed by atoms with Crippen molar-refractivity contribution in [3.8, 4) is 5.75 Å². The van der Waals surface area contributed by atoms with Crippen LogP contribution in [0.5, 0.6) is 5.75 Å². The fraction of sp³-hybridized carbons (Fsp3) is 0.310. The summed E-state index contributed by atoms with van der Waals surface area (Å²) in [7, 11) is 0. The van der Waals surface area contributed by atoms with E-state index < -0.39 is 6.04 Å². The van der Waals surface area contributed by atoms with Gasteiger partial charge in [0.1, 0.15) is 11.8 Å². The highest BCUT2D eigenvalue weighted by atomic mass is 35.5. The second kappa shape index (κ2) is 13.3. The second-order valence-electron chi connectivity index (χ2n) is 8.75. The van der Waals surface area contributed by atoms with Crippen LogP contribution in [0.4, 0.5) is 0 Å². The highest BCUT2D eigenvalue weighted by Gasteiger charge is 2.31. The van der Waals surface area contributed by atoms with Gasteiger partial charge in [0, 0.05) is 35.1 Å². The lowest BCUT2D eigenvalue weighted by Crippen LogP contribution is -2.51. The molecule has 2 amide bonds. The molecule has 0 aromatic heterocycles. The van der Waals surface area contributed by atoms with Gasteiger partial charge < -0.3 is 15.0 Å². The normalized spacial score (nSPS) is 11.6. The minimum atomic E-state index is -0.776. The lowest BCUT2D eigenvalue weighted by atomic mass is 10.0.